The van der Waals surface area contributed by atoms with E-state index in [2.05, 4.69) is 59.7 Å². The summed E-state index contributed by atoms with van der Waals surface area (Å²) in [5.74, 6) is 1.99. The average Bonchev–Trinajstić information content (AvgIpc) is 2.70. The van der Waals surface area contributed by atoms with Crippen LogP contribution in [0.2, 0.25) is 0 Å². The summed E-state index contributed by atoms with van der Waals surface area (Å²) >= 11 is 4.33. The summed E-state index contributed by atoms with van der Waals surface area (Å²) in [6.45, 7) is 8.85. The van der Waals surface area contributed by atoms with Crippen molar-refractivity contribution in [1.82, 2.24) is 15.0 Å². The summed E-state index contributed by atoms with van der Waals surface area (Å²) in [5, 5.41) is 4.22. The molecule has 4 nitrogen and oxygen atoms in total. The Labute approximate surface area is 191 Å². The second kappa shape index (κ2) is 11.6. The Kier molecular flexibility index (Phi) is 9.48. The van der Waals surface area contributed by atoms with Crippen molar-refractivity contribution in [2.24, 2.45) is 11.8 Å². The van der Waals surface area contributed by atoms with Gasteiger partial charge in [-0.3, -0.25) is 9.97 Å². The number of aromatic nitrogens is 3. The number of nitrogens with one attached hydrogen (secondary N) is 1. The molecule has 2 unspecified atom stereocenters. The Morgan fingerprint density at radius 3 is 2.66 bits per heavy atom. The SMILES string of the molecule is [CH2-]C(CCCc1[c-]c2c(Nc3ccc(S)cc3)ncnc2cn1)CC(C)CC.[V+2]. The predicted octanol–water partition coefficient (Wildman–Crippen LogP) is 6.06. The third-order valence-electron chi connectivity index (χ3n) is 5.08. The Morgan fingerprint density at radius 1 is 1.17 bits per heavy atom. The van der Waals surface area contributed by atoms with E-state index in [0.717, 1.165) is 58.2 Å². The minimum atomic E-state index is 0. The van der Waals surface area contributed by atoms with Crippen LogP contribution in [0, 0.1) is 24.8 Å². The van der Waals surface area contributed by atoms with Crippen molar-refractivity contribution in [3.05, 3.63) is 55.5 Å². The summed E-state index contributed by atoms with van der Waals surface area (Å²) in [7, 11) is 0. The van der Waals surface area contributed by atoms with E-state index in [1.54, 1.807) is 6.33 Å². The number of benzene rings is 1. The molecule has 0 saturated heterocycles. The number of rotatable bonds is 9. The molecule has 2 heterocycles. The number of pyridine rings is 1. The first-order valence-electron chi connectivity index (χ1n) is 9.96. The summed E-state index contributed by atoms with van der Waals surface area (Å²) in [6, 6.07) is 11.3. The van der Waals surface area contributed by atoms with Crippen LogP contribution in [-0.4, -0.2) is 15.0 Å². The number of thiol groups is 1. The number of aryl methyl sites for hydroxylation is 1. The molecule has 0 aliphatic rings. The summed E-state index contributed by atoms with van der Waals surface area (Å²) in [6.07, 6.45) is 8.85. The zero-order chi connectivity index (χ0) is 19.9. The molecule has 0 aliphatic heterocycles. The van der Waals surface area contributed by atoms with E-state index < -0.39 is 0 Å². The van der Waals surface area contributed by atoms with Crippen LogP contribution in [-0.2, 0) is 25.0 Å². The summed E-state index contributed by atoms with van der Waals surface area (Å²) in [4.78, 5) is 14.2. The second-order valence-corrected chi connectivity index (χ2v) is 8.01. The molecule has 151 valence electrons. The van der Waals surface area contributed by atoms with Gasteiger partial charge >= 0.3 is 18.6 Å². The molecule has 0 bridgehead atoms. The van der Waals surface area contributed by atoms with Gasteiger partial charge in [0.05, 0.1) is 6.33 Å². The fraction of sp³-hybridized carbons (Fsp3) is 0.391. The van der Waals surface area contributed by atoms with E-state index in [-0.39, 0.29) is 18.6 Å². The topological polar surface area (TPSA) is 50.7 Å². The molecule has 1 N–H and O–H groups in total. The molecule has 1 radical (unpaired) electrons. The van der Waals surface area contributed by atoms with Crippen LogP contribution in [0.1, 0.15) is 45.2 Å². The minimum Gasteiger partial charge on any atom is -0.393 e. The van der Waals surface area contributed by atoms with Crippen LogP contribution in [0.25, 0.3) is 10.9 Å². The first-order chi connectivity index (χ1) is 13.5. The van der Waals surface area contributed by atoms with Crippen LogP contribution in [0.3, 0.4) is 0 Å². The molecular formula is C23H28N4SV. The first-order valence-corrected chi connectivity index (χ1v) is 10.4. The van der Waals surface area contributed by atoms with Crippen LogP contribution in [0.5, 0.6) is 0 Å². The summed E-state index contributed by atoms with van der Waals surface area (Å²) in [5.41, 5.74) is 2.69. The van der Waals surface area contributed by atoms with Crippen molar-refractivity contribution >= 4 is 35.0 Å². The van der Waals surface area contributed by atoms with Gasteiger partial charge < -0.3 is 17.2 Å². The van der Waals surface area contributed by atoms with E-state index in [1.165, 1.54) is 12.8 Å². The van der Waals surface area contributed by atoms with Gasteiger partial charge in [0.25, 0.3) is 0 Å². The van der Waals surface area contributed by atoms with Crippen LogP contribution >= 0.6 is 12.6 Å². The van der Waals surface area contributed by atoms with Gasteiger partial charge in [-0.25, -0.2) is 0 Å². The van der Waals surface area contributed by atoms with E-state index in [9.17, 15) is 0 Å². The van der Waals surface area contributed by atoms with Gasteiger partial charge in [-0.15, -0.1) is 24.1 Å². The van der Waals surface area contributed by atoms with Crippen LogP contribution in [0.4, 0.5) is 11.5 Å². The molecule has 1 aromatic carbocycles. The number of nitrogens with zero attached hydrogens (tertiary/aromatic N) is 3. The standard InChI is InChI=1S/C23H28N4S.V/c1-4-16(2)12-17(3)6-5-7-19-13-21-22(14-24-19)25-15-26-23(21)27-18-8-10-20(28)11-9-18;/h8-11,14-17,28H,3-7,12H2,1-2H3,(H,25,26,27);/q-2;+2. The molecular weight excluding hydrogens is 415 g/mol. The predicted molar refractivity (Wildman–Crippen MR) is 119 cm³/mol. The maximum absolute atomic E-state index is 4.54. The van der Waals surface area contributed by atoms with Gasteiger partial charge in [0.1, 0.15) is 0 Å². The molecule has 29 heavy (non-hydrogen) atoms. The van der Waals surface area contributed by atoms with E-state index in [4.69, 9.17) is 0 Å². The Morgan fingerprint density at radius 2 is 1.93 bits per heavy atom. The summed E-state index contributed by atoms with van der Waals surface area (Å²) < 4.78 is 0. The number of hydrogen-bond acceptors (Lipinski definition) is 5. The van der Waals surface area contributed by atoms with Crippen molar-refractivity contribution in [1.29, 1.82) is 0 Å². The molecule has 0 fully saturated rings. The fourth-order valence-electron chi connectivity index (χ4n) is 3.25. The van der Waals surface area contributed by atoms with Crippen molar-refractivity contribution in [2.75, 3.05) is 5.32 Å². The van der Waals surface area contributed by atoms with E-state index in [0.29, 0.717) is 5.92 Å². The third kappa shape index (κ3) is 7.02. The third-order valence-corrected chi connectivity index (χ3v) is 5.38. The van der Waals surface area contributed by atoms with Crippen molar-refractivity contribution < 1.29 is 18.6 Å². The molecule has 2 atom stereocenters. The number of anilines is 2. The maximum Gasteiger partial charge on any atom is 2.00 e. The Balaban J connectivity index is 0.00000300. The fourth-order valence-corrected chi connectivity index (χ4v) is 3.40. The van der Waals surface area contributed by atoms with Gasteiger partial charge in [-0.05, 0) is 54.0 Å². The molecule has 3 rings (SSSR count). The van der Waals surface area contributed by atoms with Gasteiger partial charge in [0.15, 0.2) is 0 Å². The average molecular weight is 444 g/mol. The monoisotopic (exact) mass is 443 g/mol. The van der Waals surface area contributed by atoms with Gasteiger partial charge in [0.2, 0.25) is 0 Å². The van der Waals surface area contributed by atoms with Crippen LogP contribution < -0.4 is 5.32 Å². The van der Waals surface area contributed by atoms with E-state index in [1.807, 2.05) is 30.5 Å². The van der Waals surface area contributed by atoms with E-state index >= 15 is 0 Å². The van der Waals surface area contributed by atoms with Crippen molar-refractivity contribution in [2.45, 2.75) is 50.8 Å². The first kappa shape index (κ1) is 23.7. The zero-order valence-electron chi connectivity index (χ0n) is 17.1. The van der Waals surface area contributed by atoms with Crippen LogP contribution in [0.15, 0.2) is 41.7 Å². The van der Waals surface area contributed by atoms with Gasteiger partial charge in [-0.1, -0.05) is 39.5 Å². The zero-order valence-corrected chi connectivity index (χ0v) is 19.4. The van der Waals surface area contributed by atoms with Crippen molar-refractivity contribution in [3.8, 4) is 0 Å². The number of hydrogen-bond donors (Lipinski definition) is 2. The smallest absolute Gasteiger partial charge is 0.393 e. The second-order valence-electron chi connectivity index (χ2n) is 7.49. The van der Waals surface area contributed by atoms with Gasteiger partial charge in [0, 0.05) is 16.4 Å². The largest absolute Gasteiger partial charge is 2.00 e. The Bertz CT molecular complexity index is 901. The normalized spacial score (nSPS) is 13.0. The molecule has 6 heteroatoms. The Hall–Kier alpha value is -1.56. The molecule has 0 aliphatic carbocycles. The quantitative estimate of drug-likeness (QED) is 0.312. The molecule has 3 aromatic rings. The molecule has 0 saturated carbocycles. The number of fused-ring (bicyclic) bond motifs is 1. The minimum absolute atomic E-state index is 0. The van der Waals surface area contributed by atoms with Gasteiger partial charge in [-0.2, -0.15) is 5.92 Å². The van der Waals surface area contributed by atoms with Crippen molar-refractivity contribution in [3.63, 3.8) is 0 Å². The molecule has 0 spiro atoms. The molecule has 0 amide bonds. The maximum atomic E-state index is 4.54. The molecule has 2 aromatic heterocycles.